The zero-order valence-electron chi connectivity index (χ0n) is 22.6. The number of fused-ring (bicyclic) bond motifs is 1. The minimum absolute atomic E-state index is 0.129. The van der Waals surface area contributed by atoms with E-state index in [9.17, 15) is 14.4 Å². The van der Waals surface area contributed by atoms with Gasteiger partial charge in [-0.25, -0.2) is 4.79 Å². The van der Waals surface area contributed by atoms with Crippen LogP contribution < -0.4 is 10.6 Å². The average Bonchev–Trinajstić information content (AvgIpc) is 3.12. The van der Waals surface area contributed by atoms with E-state index in [1.807, 2.05) is 54.6 Å². The lowest BCUT2D eigenvalue weighted by atomic mass is 9.91. The van der Waals surface area contributed by atoms with Gasteiger partial charge in [0.1, 0.15) is 12.6 Å². The van der Waals surface area contributed by atoms with Crippen LogP contribution >= 0.6 is 11.8 Å². The number of carbonyl (C=O) groups is 3. The number of ether oxygens (including phenoxy) is 2. The molecule has 2 atom stereocenters. The van der Waals surface area contributed by atoms with Crippen LogP contribution in [0.2, 0.25) is 0 Å². The summed E-state index contributed by atoms with van der Waals surface area (Å²) >= 11 is 1.60. The van der Waals surface area contributed by atoms with E-state index in [1.165, 1.54) is 0 Å². The number of nitrogens with one attached hydrogen (secondary N) is 2. The summed E-state index contributed by atoms with van der Waals surface area (Å²) in [6.07, 6.45) is 5.18. The second-order valence-electron chi connectivity index (χ2n) is 10.1. The standard InChI is InChI=1S/C30H39N3O5S/c1-2-37-29(35)25(31-26-21-39-27-15-9-8-13-24(27)32-28(26)34)14-7-6-10-22-16-18-33(19-17-22)30(36)38-20-23-11-4-3-5-12-23/h3-5,8-9,11-13,15,22,25-26,31H,2,6-7,10,14,16-21H2,1H3,(H,32,34)/t25?,26-/m0/s1. The zero-order chi connectivity index (χ0) is 27.5. The number of benzene rings is 2. The molecule has 1 fully saturated rings. The molecule has 2 amide bonds. The molecule has 0 radical (unpaired) electrons. The minimum Gasteiger partial charge on any atom is -0.465 e. The van der Waals surface area contributed by atoms with Crippen LogP contribution in [0.4, 0.5) is 10.5 Å². The van der Waals surface area contributed by atoms with Gasteiger partial charge in [-0.05, 0) is 49.8 Å². The highest BCUT2D eigenvalue weighted by atomic mass is 32.2. The van der Waals surface area contributed by atoms with Crippen LogP contribution in [0.3, 0.4) is 0 Å². The van der Waals surface area contributed by atoms with Crippen LogP contribution in [0.25, 0.3) is 0 Å². The monoisotopic (exact) mass is 553 g/mol. The van der Waals surface area contributed by atoms with E-state index in [4.69, 9.17) is 9.47 Å². The molecule has 210 valence electrons. The Kier molecular flexibility index (Phi) is 11.1. The minimum atomic E-state index is -0.524. The van der Waals surface area contributed by atoms with E-state index in [2.05, 4.69) is 10.6 Å². The van der Waals surface area contributed by atoms with Crippen molar-refractivity contribution in [2.45, 2.75) is 69.0 Å². The van der Waals surface area contributed by atoms with Gasteiger partial charge in [-0.2, -0.15) is 0 Å². The number of para-hydroxylation sites is 1. The molecule has 39 heavy (non-hydrogen) atoms. The quantitative estimate of drug-likeness (QED) is 0.291. The molecule has 9 heteroatoms. The number of amides is 2. The maximum absolute atomic E-state index is 12.8. The predicted molar refractivity (Wildman–Crippen MR) is 153 cm³/mol. The second-order valence-corrected chi connectivity index (χ2v) is 11.1. The Hall–Kier alpha value is -3.04. The molecule has 2 aliphatic heterocycles. The van der Waals surface area contributed by atoms with Crippen LogP contribution in [0.15, 0.2) is 59.5 Å². The molecule has 1 saturated heterocycles. The van der Waals surface area contributed by atoms with Crippen molar-refractivity contribution in [2.75, 3.05) is 30.8 Å². The number of anilines is 1. The number of nitrogens with zero attached hydrogens (tertiary/aromatic N) is 1. The van der Waals surface area contributed by atoms with Gasteiger partial charge in [-0.1, -0.05) is 61.7 Å². The lowest BCUT2D eigenvalue weighted by Crippen LogP contribution is -2.50. The van der Waals surface area contributed by atoms with Gasteiger partial charge in [0, 0.05) is 23.7 Å². The van der Waals surface area contributed by atoms with E-state index < -0.39 is 12.1 Å². The molecule has 1 unspecified atom stereocenters. The van der Waals surface area contributed by atoms with Crippen molar-refractivity contribution in [3.63, 3.8) is 0 Å². The van der Waals surface area contributed by atoms with Crippen molar-refractivity contribution >= 4 is 35.4 Å². The zero-order valence-corrected chi connectivity index (χ0v) is 23.4. The van der Waals surface area contributed by atoms with E-state index in [-0.39, 0.29) is 18.0 Å². The molecule has 2 aliphatic rings. The van der Waals surface area contributed by atoms with Gasteiger partial charge in [0.15, 0.2) is 0 Å². The Morgan fingerprint density at radius 1 is 1.05 bits per heavy atom. The molecule has 8 nitrogen and oxygen atoms in total. The number of likely N-dealkylation sites (tertiary alicyclic amines) is 1. The highest BCUT2D eigenvalue weighted by molar-refractivity contribution is 7.99. The molecule has 2 aromatic rings. The maximum Gasteiger partial charge on any atom is 0.410 e. The summed E-state index contributed by atoms with van der Waals surface area (Å²) in [5, 5.41) is 6.26. The van der Waals surface area contributed by atoms with Gasteiger partial charge in [0.2, 0.25) is 5.91 Å². The third kappa shape index (κ3) is 8.73. The number of rotatable bonds is 11. The number of hydrogen-bond acceptors (Lipinski definition) is 7. The molecule has 0 saturated carbocycles. The van der Waals surface area contributed by atoms with Crippen LogP contribution in [0.5, 0.6) is 0 Å². The number of hydrogen-bond donors (Lipinski definition) is 2. The van der Waals surface area contributed by atoms with Crippen LogP contribution in [-0.4, -0.2) is 60.4 Å². The predicted octanol–water partition coefficient (Wildman–Crippen LogP) is 5.23. The lowest BCUT2D eigenvalue weighted by Gasteiger charge is -2.31. The first-order valence-corrected chi connectivity index (χ1v) is 14.9. The lowest BCUT2D eigenvalue weighted by molar-refractivity contribution is -0.146. The number of thioether (sulfide) groups is 1. The van der Waals surface area contributed by atoms with Crippen molar-refractivity contribution in [1.29, 1.82) is 0 Å². The summed E-state index contributed by atoms with van der Waals surface area (Å²) in [5.41, 5.74) is 1.79. The molecule has 0 aliphatic carbocycles. The maximum atomic E-state index is 12.8. The number of piperidine rings is 1. The highest BCUT2D eigenvalue weighted by Gasteiger charge is 2.30. The highest BCUT2D eigenvalue weighted by Crippen LogP contribution is 2.30. The van der Waals surface area contributed by atoms with Gasteiger partial charge < -0.3 is 19.7 Å². The fraction of sp³-hybridized carbons (Fsp3) is 0.500. The Morgan fingerprint density at radius 2 is 1.79 bits per heavy atom. The summed E-state index contributed by atoms with van der Waals surface area (Å²) in [5.74, 6) is 0.667. The van der Waals surface area contributed by atoms with E-state index >= 15 is 0 Å². The average molecular weight is 554 g/mol. The van der Waals surface area contributed by atoms with Crippen LogP contribution in [-0.2, 0) is 25.7 Å². The molecule has 2 aromatic carbocycles. The van der Waals surface area contributed by atoms with Crippen molar-refractivity contribution in [2.24, 2.45) is 5.92 Å². The summed E-state index contributed by atoms with van der Waals surface area (Å²) in [4.78, 5) is 40.8. The molecule has 2 N–H and O–H groups in total. The molecular formula is C30H39N3O5S. The van der Waals surface area contributed by atoms with E-state index in [1.54, 1.807) is 23.6 Å². The first-order chi connectivity index (χ1) is 19.0. The molecular weight excluding hydrogens is 514 g/mol. The Balaban J connectivity index is 1.18. The molecule has 4 rings (SSSR count). The largest absolute Gasteiger partial charge is 0.465 e. The second kappa shape index (κ2) is 14.9. The first-order valence-electron chi connectivity index (χ1n) is 13.9. The van der Waals surface area contributed by atoms with Crippen LogP contribution in [0.1, 0.15) is 51.0 Å². The first kappa shape index (κ1) is 29.0. The van der Waals surface area contributed by atoms with Crippen LogP contribution in [0, 0.1) is 5.92 Å². The summed E-state index contributed by atoms with van der Waals surface area (Å²) < 4.78 is 10.8. The Morgan fingerprint density at radius 3 is 2.56 bits per heavy atom. The number of esters is 1. The molecule has 2 heterocycles. The summed E-state index contributed by atoms with van der Waals surface area (Å²) in [7, 11) is 0. The Bertz CT molecular complexity index is 1090. The van der Waals surface area contributed by atoms with Gasteiger partial charge in [-0.15, -0.1) is 11.8 Å². The summed E-state index contributed by atoms with van der Waals surface area (Å²) in [6.45, 7) is 3.82. The SMILES string of the molecule is CCOC(=O)C(CCCCC1CCN(C(=O)OCc2ccccc2)CC1)N[C@H]1CSc2ccccc2NC1=O. The normalized spacial score (nSPS) is 18.4. The fourth-order valence-corrected chi connectivity index (χ4v) is 6.08. The van der Waals surface area contributed by atoms with Crippen molar-refractivity contribution in [3.8, 4) is 0 Å². The van der Waals surface area contributed by atoms with Crippen molar-refractivity contribution < 1.29 is 23.9 Å². The molecule has 0 spiro atoms. The topological polar surface area (TPSA) is 97.0 Å². The number of unbranched alkanes of at least 4 members (excludes halogenated alkanes) is 1. The smallest absolute Gasteiger partial charge is 0.410 e. The molecule has 0 bridgehead atoms. The fourth-order valence-electron chi connectivity index (χ4n) is 5.04. The van der Waals surface area contributed by atoms with Crippen molar-refractivity contribution in [3.05, 3.63) is 60.2 Å². The third-order valence-electron chi connectivity index (χ3n) is 7.27. The third-order valence-corrected chi connectivity index (χ3v) is 8.44. The van der Waals surface area contributed by atoms with Gasteiger partial charge in [0.05, 0.1) is 18.3 Å². The van der Waals surface area contributed by atoms with Gasteiger partial charge >= 0.3 is 12.1 Å². The Labute approximate surface area is 235 Å². The summed E-state index contributed by atoms with van der Waals surface area (Å²) in [6, 6.07) is 16.4. The van der Waals surface area contributed by atoms with E-state index in [0.717, 1.165) is 48.3 Å². The van der Waals surface area contributed by atoms with E-state index in [0.29, 0.717) is 44.4 Å². The van der Waals surface area contributed by atoms with Crippen molar-refractivity contribution in [1.82, 2.24) is 10.2 Å². The molecule has 0 aromatic heterocycles. The van der Waals surface area contributed by atoms with Gasteiger partial charge in [0.25, 0.3) is 0 Å². The number of carbonyl (C=O) groups excluding carboxylic acids is 3. The van der Waals surface area contributed by atoms with Gasteiger partial charge in [-0.3, -0.25) is 14.9 Å².